The van der Waals surface area contributed by atoms with E-state index in [-0.39, 0.29) is 0 Å². The van der Waals surface area contributed by atoms with Crippen LogP contribution in [0.4, 0.5) is 0 Å². The molecule has 0 aliphatic carbocycles. The Labute approximate surface area is 87.7 Å². The fourth-order valence-corrected chi connectivity index (χ4v) is 2.29. The summed E-state index contributed by atoms with van der Waals surface area (Å²) in [5, 5.41) is 0. The van der Waals surface area contributed by atoms with Gasteiger partial charge in [-0.2, -0.15) is 0 Å². The summed E-state index contributed by atoms with van der Waals surface area (Å²) in [6.45, 7) is 9.53. The molecule has 1 rings (SSSR count). The van der Waals surface area contributed by atoms with E-state index < -0.39 is 0 Å². The third-order valence-electron chi connectivity index (χ3n) is 2.91. The third-order valence-corrected chi connectivity index (χ3v) is 2.91. The fourth-order valence-electron chi connectivity index (χ4n) is 2.29. The molecule has 0 aromatic rings. The van der Waals surface area contributed by atoms with Crippen molar-refractivity contribution in [2.45, 2.75) is 46.5 Å². The summed E-state index contributed by atoms with van der Waals surface area (Å²) in [6, 6.07) is 0. The highest BCUT2D eigenvalue weighted by molar-refractivity contribution is 5.80. The molecule has 82 valence electrons. The molecule has 0 unspecified atom stereocenters. The number of hydrogen-bond acceptors (Lipinski definition) is 2. The van der Waals surface area contributed by atoms with Crippen LogP contribution < -0.4 is 0 Å². The van der Waals surface area contributed by atoms with E-state index in [2.05, 4.69) is 25.7 Å². The highest BCUT2D eigenvalue weighted by Gasteiger charge is 2.26. The van der Waals surface area contributed by atoms with Gasteiger partial charge in [0.1, 0.15) is 5.78 Å². The highest BCUT2D eigenvalue weighted by atomic mass is 16.1. The monoisotopic (exact) mass is 197 g/mol. The van der Waals surface area contributed by atoms with Crippen LogP contribution in [0.25, 0.3) is 0 Å². The molecule has 0 atom stereocenters. The molecule has 0 amide bonds. The van der Waals surface area contributed by atoms with E-state index in [1.807, 2.05) is 0 Å². The van der Waals surface area contributed by atoms with E-state index in [0.29, 0.717) is 17.7 Å². The molecule has 0 saturated carbocycles. The fraction of sp³-hybridized carbons (Fsp3) is 0.917. The van der Waals surface area contributed by atoms with E-state index in [9.17, 15) is 4.79 Å². The van der Waals surface area contributed by atoms with Crippen LogP contribution in [0, 0.1) is 5.41 Å². The van der Waals surface area contributed by atoms with Crippen LogP contribution >= 0.6 is 0 Å². The molecular formula is C12H23NO. The maximum Gasteiger partial charge on any atom is 0.146 e. The van der Waals surface area contributed by atoms with Crippen molar-refractivity contribution in [1.29, 1.82) is 0 Å². The normalized spacial score (nSPS) is 22.2. The van der Waals surface area contributed by atoms with Crippen molar-refractivity contribution < 1.29 is 4.79 Å². The summed E-state index contributed by atoms with van der Waals surface area (Å²) in [5.74, 6) is 0.408. The molecule has 1 aliphatic heterocycles. The zero-order valence-electron chi connectivity index (χ0n) is 9.81. The highest BCUT2D eigenvalue weighted by Crippen LogP contribution is 2.28. The second-order valence-electron chi connectivity index (χ2n) is 5.27. The lowest BCUT2D eigenvalue weighted by molar-refractivity contribution is -0.120. The third kappa shape index (κ3) is 3.79. The van der Waals surface area contributed by atoms with Gasteiger partial charge in [0, 0.05) is 13.0 Å². The van der Waals surface area contributed by atoms with Gasteiger partial charge in [-0.15, -0.1) is 0 Å². The molecule has 0 aromatic carbocycles. The molecule has 1 aliphatic rings. The van der Waals surface area contributed by atoms with E-state index in [4.69, 9.17) is 0 Å². The van der Waals surface area contributed by atoms with Gasteiger partial charge in [-0.05, 0) is 31.2 Å². The number of piperidine rings is 1. The number of carbonyl (C=O) groups is 1. The number of hydrogen-bond donors (Lipinski definition) is 0. The SMILES string of the molecule is CCCC(=O)CN1CCCC(C)(C)C1. The lowest BCUT2D eigenvalue weighted by Gasteiger charge is -2.37. The lowest BCUT2D eigenvalue weighted by atomic mass is 9.84. The van der Waals surface area contributed by atoms with Gasteiger partial charge in [0.05, 0.1) is 6.54 Å². The van der Waals surface area contributed by atoms with Crippen molar-refractivity contribution in [3.63, 3.8) is 0 Å². The number of likely N-dealkylation sites (tertiary alicyclic amines) is 1. The zero-order valence-corrected chi connectivity index (χ0v) is 9.81. The molecule has 1 fully saturated rings. The minimum absolute atomic E-state index is 0.407. The number of Topliss-reactive ketones (excluding diaryl/α,β-unsaturated/α-hetero) is 1. The Kier molecular flexibility index (Phi) is 4.11. The van der Waals surface area contributed by atoms with Gasteiger partial charge in [0.25, 0.3) is 0 Å². The molecular weight excluding hydrogens is 174 g/mol. The van der Waals surface area contributed by atoms with Crippen molar-refractivity contribution in [2.75, 3.05) is 19.6 Å². The Morgan fingerprint density at radius 3 is 2.71 bits per heavy atom. The smallest absolute Gasteiger partial charge is 0.146 e. The standard InChI is InChI=1S/C12H23NO/c1-4-6-11(14)9-13-8-5-7-12(2,3)10-13/h4-10H2,1-3H3. The number of carbonyl (C=O) groups excluding carboxylic acids is 1. The summed E-state index contributed by atoms with van der Waals surface area (Å²) in [4.78, 5) is 13.8. The van der Waals surface area contributed by atoms with Crippen molar-refractivity contribution in [3.05, 3.63) is 0 Å². The molecule has 0 spiro atoms. The topological polar surface area (TPSA) is 20.3 Å². The van der Waals surface area contributed by atoms with E-state index in [1.54, 1.807) is 0 Å². The van der Waals surface area contributed by atoms with Crippen LogP contribution in [0.15, 0.2) is 0 Å². The van der Waals surface area contributed by atoms with Gasteiger partial charge in [-0.25, -0.2) is 0 Å². The Morgan fingerprint density at radius 1 is 1.43 bits per heavy atom. The first-order valence-corrected chi connectivity index (χ1v) is 5.77. The van der Waals surface area contributed by atoms with Gasteiger partial charge < -0.3 is 0 Å². The Bertz CT molecular complexity index is 198. The van der Waals surface area contributed by atoms with Gasteiger partial charge >= 0.3 is 0 Å². The average molecular weight is 197 g/mol. The van der Waals surface area contributed by atoms with Crippen LogP contribution in [-0.2, 0) is 4.79 Å². The van der Waals surface area contributed by atoms with Crippen molar-refractivity contribution in [2.24, 2.45) is 5.41 Å². The quantitative estimate of drug-likeness (QED) is 0.690. The molecule has 0 N–H and O–H groups in total. The molecule has 14 heavy (non-hydrogen) atoms. The predicted octanol–water partition coefficient (Wildman–Crippen LogP) is 2.48. The first-order chi connectivity index (χ1) is 6.53. The van der Waals surface area contributed by atoms with Crippen LogP contribution in [-0.4, -0.2) is 30.3 Å². The molecule has 1 saturated heterocycles. The summed E-state index contributed by atoms with van der Waals surface area (Å²) in [7, 11) is 0. The van der Waals surface area contributed by atoms with E-state index in [1.165, 1.54) is 12.8 Å². The minimum Gasteiger partial charge on any atom is -0.298 e. The summed E-state index contributed by atoms with van der Waals surface area (Å²) < 4.78 is 0. The molecule has 0 radical (unpaired) electrons. The molecule has 0 aromatic heterocycles. The lowest BCUT2D eigenvalue weighted by Crippen LogP contribution is -2.42. The van der Waals surface area contributed by atoms with Crippen LogP contribution in [0.1, 0.15) is 46.5 Å². The Balaban J connectivity index is 2.34. The first kappa shape index (κ1) is 11.7. The van der Waals surface area contributed by atoms with Gasteiger partial charge in [-0.1, -0.05) is 20.8 Å². The summed E-state index contributed by atoms with van der Waals surface area (Å²) >= 11 is 0. The van der Waals surface area contributed by atoms with E-state index in [0.717, 1.165) is 25.9 Å². The van der Waals surface area contributed by atoms with Crippen LogP contribution in [0.3, 0.4) is 0 Å². The predicted molar refractivity (Wildman–Crippen MR) is 59.4 cm³/mol. The Hall–Kier alpha value is -0.370. The Morgan fingerprint density at radius 2 is 2.14 bits per heavy atom. The zero-order chi connectivity index (χ0) is 10.6. The second-order valence-corrected chi connectivity index (χ2v) is 5.27. The van der Waals surface area contributed by atoms with Crippen LogP contribution in [0.5, 0.6) is 0 Å². The van der Waals surface area contributed by atoms with Gasteiger partial charge in [0.15, 0.2) is 0 Å². The van der Waals surface area contributed by atoms with Crippen molar-refractivity contribution in [3.8, 4) is 0 Å². The summed E-state index contributed by atoms with van der Waals surface area (Å²) in [5.41, 5.74) is 0.407. The molecule has 2 nitrogen and oxygen atoms in total. The average Bonchev–Trinajstić information content (AvgIpc) is 2.02. The first-order valence-electron chi connectivity index (χ1n) is 5.77. The van der Waals surface area contributed by atoms with Crippen LogP contribution in [0.2, 0.25) is 0 Å². The van der Waals surface area contributed by atoms with Gasteiger partial charge in [-0.3, -0.25) is 9.69 Å². The van der Waals surface area contributed by atoms with Gasteiger partial charge in [0.2, 0.25) is 0 Å². The second kappa shape index (κ2) is 4.92. The maximum atomic E-state index is 11.5. The maximum absolute atomic E-state index is 11.5. The molecule has 0 bridgehead atoms. The number of nitrogens with zero attached hydrogens (tertiary/aromatic N) is 1. The molecule has 1 heterocycles. The largest absolute Gasteiger partial charge is 0.298 e. The summed E-state index contributed by atoms with van der Waals surface area (Å²) in [6.07, 6.45) is 4.27. The number of rotatable bonds is 4. The number of ketones is 1. The van der Waals surface area contributed by atoms with E-state index >= 15 is 0 Å². The van der Waals surface area contributed by atoms with Crippen molar-refractivity contribution >= 4 is 5.78 Å². The minimum atomic E-state index is 0.407. The molecule has 2 heteroatoms. The van der Waals surface area contributed by atoms with Crippen molar-refractivity contribution in [1.82, 2.24) is 4.90 Å².